The summed E-state index contributed by atoms with van der Waals surface area (Å²) in [5.74, 6) is -0.507. The van der Waals surface area contributed by atoms with Gasteiger partial charge in [0.1, 0.15) is 5.82 Å². The van der Waals surface area contributed by atoms with Crippen LogP contribution in [-0.4, -0.2) is 17.9 Å². The van der Waals surface area contributed by atoms with Gasteiger partial charge in [0.2, 0.25) is 5.91 Å². The van der Waals surface area contributed by atoms with Gasteiger partial charge in [0.25, 0.3) is 5.91 Å². The molecule has 0 fully saturated rings. The first-order valence-electron chi connectivity index (χ1n) is 10.7. The first-order valence-corrected chi connectivity index (χ1v) is 10.7. The van der Waals surface area contributed by atoms with Crippen LogP contribution in [0.2, 0.25) is 0 Å². The van der Waals surface area contributed by atoms with Crippen LogP contribution >= 0.6 is 0 Å². The zero-order valence-electron chi connectivity index (χ0n) is 18.1. The van der Waals surface area contributed by atoms with E-state index < -0.39 is 0 Å². The molecule has 0 unspecified atom stereocenters. The molecule has 2 atom stereocenters. The number of rotatable bonds is 4. The van der Waals surface area contributed by atoms with Gasteiger partial charge in [-0.25, -0.2) is 4.39 Å². The van der Waals surface area contributed by atoms with E-state index in [0.717, 1.165) is 22.5 Å². The molecule has 0 saturated heterocycles. The van der Waals surface area contributed by atoms with Gasteiger partial charge in [-0.15, -0.1) is 0 Å². The number of para-hydroxylation sites is 2. The number of benzene rings is 3. The summed E-state index contributed by atoms with van der Waals surface area (Å²) in [6, 6.07) is 23.1. The molecule has 1 aliphatic heterocycles. The van der Waals surface area contributed by atoms with E-state index in [-0.39, 0.29) is 29.7 Å². The topological polar surface area (TPSA) is 40.6 Å². The quantitative estimate of drug-likeness (QED) is 0.496. The van der Waals surface area contributed by atoms with Gasteiger partial charge in [-0.05, 0) is 60.9 Å². The summed E-state index contributed by atoms with van der Waals surface area (Å²) >= 11 is 0. The van der Waals surface area contributed by atoms with Crippen LogP contribution in [0.1, 0.15) is 37.4 Å². The van der Waals surface area contributed by atoms with E-state index in [2.05, 4.69) is 0 Å². The number of nitrogens with zero attached hydrogens (tertiary/aromatic N) is 2. The van der Waals surface area contributed by atoms with E-state index in [1.165, 1.54) is 18.2 Å². The lowest BCUT2D eigenvalue weighted by atomic mass is 9.89. The summed E-state index contributed by atoms with van der Waals surface area (Å²) < 4.78 is 13.1. The molecule has 4 rings (SSSR count). The number of amides is 2. The maximum absolute atomic E-state index is 13.2. The minimum Gasteiger partial charge on any atom is -0.306 e. The molecule has 0 spiro atoms. The van der Waals surface area contributed by atoms with Gasteiger partial charge in [0.15, 0.2) is 0 Å². The van der Waals surface area contributed by atoms with Crippen molar-refractivity contribution in [1.82, 2.24) is 0 Å². The Hall–Kier alpha value is -3.73. The van der Waals surface area contributed by atoms with Crippen LogP contribution in [0.3, 0.4) is 0 Å². The fourth-order valence-corrected chi connectivity index (χ4v) is 4.35. The van der Waals surface area contributed by atoms with Gasteiger partial charge in [-0.3, -0.25) is 9.59 Å². The summed E-state index contributed by atoms with van der Waals surface area (Å²) in [6.07, 6.45) is 3.82. The average Bonchev–Trinajstić information content (AvgIpc) is 2.79. The summed E-state index contributed by atoms with van der Waals surface area (Å²) in [4.78, 5) is 29.4. The van der Waals surface area contributed by atoms with Crippen molar-refractivity contribution >= 4 is 29.3 Å². The van der Waals surface area contributed by atoms with Crippen LogP contribution in [0.15, 0.2) is 84.9 Å². The maximum atomic E-state index is 13.2. The molecule has 3 aromatic carbocycles. The average molecular weight is 429 g/mol. The van der Waals surface area contributed by atoms with Crippen molar-refractivity contribution in [3.63, 3.8) is 0 Å². The molecule has 2 amide bonds. The second-order valence-corrected chi connectivity index (χ2v) is 7.98. The van der Waals surface area contributed by atoms with Crippen molar-refractivity contribution in [2.45, 2.75) is 32.4 Å². The lowest BCUT2D eigenvalue weighted by Crippen LogP contribution is -2.47. The first-order chi connectivity index (χ1) is 15.5. The van der Waals surface area contributed by atoms with E-state index in [4.69, 9.17) is 0 Å². The van der Waals surface area contributed by atoms with Crippen molar-refractivity contribution < 1.29 is 14.0 Å². The van der Waals surface area contributed by atoms with Crippen LogP contribution in [0, 0.1) is 5.82 Å². The smallest absolute Gasteiger partial charge is 0.251 e. The lowest BCUT2D eigenvalue weighted by molar-refractivity contribution is -0.117. The maximum Gasteiger partial charge on any atom is 0.251 e. The van der Waals surface area contributed by atoms with Crippen LogP contribution in [-0.2, 0) is 9.59 Å². The zero-order chi connectivity index (χ0) is 22.7. The van der Waals surface area contributed by atoms with Crippen LogP contribution < -0.4 is 9.80 Å². The van der Waals surface area contributed by atoms with Crippen molar-refractivity contribution in [2.75, 3.05) is 9.80 Å². The van der Waals surface area contributed by atoms with Gasteiger partial charge in [-0.1, -0.05) is 48.5 Å². The predicted octanol–water partition coefficient (Wildman–Crippen LogP) is 5.76. The molecule has 1 aliphatic rings. The predicted molar refractivity (Wildman–Crippen MR) is 126 cm³/mol. The number of hydrogen-bond acceptors (Lipinski definition) is 2. The van der Waals surface area contributed by atoms with Gasteiger partial charge >= 0.3 is 0 Å². The molecular weight excluding hydrogens is 403 g/mol. The molecule has 5 heteroatoms. The molecule has 0 bridgehead atoms. The fourth-order valence-electron chi connectivity index (χ4n) is 4.35. The first kappa shape index (κ1) is 21.5. The minimum absolute atomic E-state index is 0.0424. The second kappa shape index (κ2) is 9.18. The van der Waals surface area contributed by atoms with Gasteiger partial charge in [-0.2, -0.15) is 0 Å². The summed E-state index contributed by atoms with van der Waals surface area (Å²) in [5.41, 5.74) is 3.32. The number of halogens is 1. The molecule has 32 heavy (non-hydrogen) atoms. The fraction of sp³-hybridized carbons (Fsp3) is 0.185. The third-order valence-electron chi connectivity index (χ3n) is 5.77. The van der Waals surface area contributed by atoms with Crippen LogP contribution in [0.5, 0.6) is 0 Å². The zero-order valence-corrected chi connectivity index (χ0v) is 18.1. The third-order valence-corrected chi connectivity index (χ3v) is 5.77. The van der Waals surface area contributed by atoms with E-state index in [0.29, 0.717) is 6.42 Å². The van der Waals surface area contributed by atoms with E-state index >= 15 is 0 Å². The summed E-state index contributed by atoms with van der Waals surface area (Å²) in [7, 11) is 0. The molecule has 0 radical (unpaired) electrons. The molecule has 0 aromatic heterocycles. The highest BCUT2D eigenvalue weighted by atomic mass is 19.1. The minimum atomic E-state index is -0.313. The Balaban J connectivity index is 1.68. The molecule has 4 nitrogen and oxygen atoms in total. The third kappa shape index (κ3) is 4.33. The molecule has 1 heterocycles. The largest absolute Gasteiger partial charge is 0.306 e. The standard InChI is InChI=1S/C27H25FN2O2/c1-19-18-26(30(20(2)31)23-8-4-3-5-9-23)24-10-6-7-11-25(24)29(19)27(32)17-14-21-12-15-22(28)16-13-21/h3-17,19,26H,18H2,1-2H3/b17-14+/t19-,26+/m1/s1. The molecule has 0 saturated carbocycles. The molecular formula is C27H25FN2O2. The van der Waals surface area contributed by atoms with Crippen LogP contribution in [0.25, 0.3) is 6.08 Å². The van der Waals surface area contributed by atoms with E-state index in [1.54, 1.807) is 30.0 Å². The number of anilines is 2. The molecule has 162 valence electrons. The van der Waals surface area contributed by atoms with Crippen molar-refractivity contribution in [3.8, 4) is 0 Å². The lowest BCUT2D eigenvalue weighted by Gasteiger charge is -2.43. The van der Waals surface area contributed by atoms with Crippen molar-refractivity contribution in [3.05, 3.63) is 102 Å². The number of carbonyl (C=O) groups is 2. The molecule has 0 aliphatic carbocycles. The Labute approximate surface area is 187 Å². The second-order valence-electron chi connectivity index (χ2n) is 7.98. The number of fused-ring (bicyclic) bond motifs is 1. The number of hydrogen-bond donors (Lipinski definition) is 0. The number of carbonyl (C=O) groups excluding carboxylic acids is 2. The van der Waals surface area contributed by atoms with Gasteiger partial charge in [0.05, 0.1) is 6.04 Å². The molecule has 0 N–H and O–H groups in total. The monoisotopic (exact) mass is 428 g/mol. The normalized spacial score (nSPS) is 17.8. The van der Waals surface area contributed by atoms with Crippen molar-refractivity contribution in [2.24, 2.45) is 0 Å². The summed E-state index contributed by atoms with van der Waals surface area (Å²) in [6.45, 7) is 3.57. The Morgan fingerprint density at radius 1 is 0.969 bits per heavy atom. The van der Waals surface area contributed by atoms with Gasteiger partial charge < -0.3 is 9.80 Å². The summed E-state index contributed by atoms with van der Waals surface area (Å²) in [5, 5.41) is 0. The van der Waals surface area contributed by atoms with Crippen molar-refractivity contribution in [1.29, 1.82) is 0 Å². The Morgan fingerprint density at radius 3 is 2.31 bits per heavy atom. The highest BCUT2D eigenvalue weighted by molar-refractivity contribution is 6.05. The highest BCUT2D eigenvalue weighted by Crippen LogP contribution is 2.42. The Kier molecular flexibility index (Phi) is 6.17. The Morgan fingerprint density at radius 2 is 1.62 bits per heavy atom. The Bertz CT molecular complexity index is 1140. The molecule has 3 aromatic rings. The van der Waals surface area contributed by atoms with E-state index in [1.807, 2.05) is 66.4 Å². The van der Waals surface area contributed by atoms with Gasteiger partial charge in [0, 0.05) is 30.4 Å². The van der Waals surface area contributed by atoms with E-state index in [9.17, 15) is 14.0 Å². The van der Waals surface area contributed by atoms with Crippen LogP contribution in [0.4, 0.5) is 15.8 Å². The SMILES string of the molecule is CC(=O)N(c1ccccc1)[C@H]1C[C@@H](C)N(C(=O)/C=C/c2ccc(F)cc2)c2ccccc21. The highest BCUT2D eigenvalue weighted by Gasteiger charge is 2.37.